The zero-order valence-electron chi connectivity index (χ0n) is 13.4. The molecule has 0 atom stereocenters. The zero-order chi connectivity index (χ0) is 16.9. The summed E-state index contributed by atoms with van der Waals surface area (Å²) in [6, 6.07) is 9.40. The van der Waals surface area contributed by atoms with Crippen LogP contribution in [-0.4, -0.2) is 45.7 Å². The van der Waals surface area contributed by atoms with E-state index < -0.39 is 0 Å². The predicted octanol–water partition coefficient (Wildman–Crippen LogP) is 1.31. The molecule has 24 heavy (non-hydrogen) atoms. The Labute approximate surface area is 144 Å². The summed E-state index contributed by atoms with van der Waals surface area (Å²) in [7, 11) is 0. The molecular formula is C16H19N5O2S. The highest BCUT2D eigenvalue weighted by Gasteiger charge is 2.23. The van der Waals surface area contributed by atoms with Crippen molar-refractivity contribution >= 4 is 29.3 Å². The van der Waals surface area contributed by atoms with Crippen LogP contribution in [0.5, 0.6) is 0 Å². The van der Waals surface area contributed by atoms with Crippen molar-refractivity contribution in [1.82, 2.24) is 20.3 Å². The molecule has 7 nitrogen and oxygen atoms in total. The molecule has 2 amide bonds. The maximum Gasteiger partial charge on any atom is 0.274 e. The third-order valence-electron chi connectivity index (χ3n) is 3.82. The van der Waals surface area contributed by atoms with Gasteiger partial charge in [0.1, 0.15) is 0 Å². The Kier molecular flexibility index (Phi) is 5.14. The number of fused-ring (bicyclic) bond motifs is 1. The first-order valence-electron chi connectivity index (χ1n) is 7.84. The number of aromatic nitrogens is 3. The fourth-order valence-electron chi connectivity index (χ4n) is 2.60. The van der Waals surface area contributed by atoms with Gasteiger partial charge in [-0.2, -0.15) is 11.8 Å². The Morgan fingerprint density at radius 2 is 2.12 bits per heavy atom. The number of anilines is 1. The largest absolute Gasteiger partial charge is 0.341 e. The van der Waals surface area contributed by atoms with Gasteiger partial charge >= 0.3 is 0 Å². The smallest absolute Gasteiger partial charge is 0.274 e. The zero-order valence-corrected chi connectivity index (χ0v) is 14.3. The lowest BCUT2D eigenvalue weighted by Crippen LogP contribution is -2.40. The topological polar surface area (TPSA) is 80.1 Å². The number of hydrogen-bond acceptors (Lipinski definition) is 5. The van der Waals surface area contributed by atoms with Crippen LogP contribution in [0, 0.1) is 0 Å². The van der Waals surface area contributed by atoms with Gasteiger partial charge in [0.15, 0.2) is 5.69 Å². The van der Waals surface area contributed by atoms with E-state index in [0.717, 1.165) is 29.4 Å². The van der Waals surface area contributed by atoms with E-state index in [1.165, 1.54) is 0 Å². The molecule has 8 heteroatoms. The van der Waals surface area contributed by atoms with Crippen LogP contribution in [0.15, 0.2) is 30.3 Å². The number of likely N-dealkylation sites (N-methyl/N-ethyl adjacent to an activating group) is 1. The van der Waals surface area contributed by atoms with Crippen LogP contribution in [-0.2, 0) is 17.1 Å². The van der Waals surface area contributed by atoms with Crippen molar-refractivity contribution in [2.75, 3.05) is 23.7 Å². The number of rotatable bonds is 5. The van der Waals surface area contributed by atoms with Crippen molar-refractivity contribution < 1.29 is 9.59 Å². The van der Waals surface area contributed by atoms with Gasteiger partial charge in [-0.25, -0.2) is 4.68 Å². The van der Waals surface area contributed by atoms with Gasteiger partial charge in [-0.3, -0.25) is 9.59 Å². The van der Waals surface area contributed by atoms with Crippen LogP contribution < -0.4 is 10.2 Å². The average Bonchev–Trinajstić information content (AvgIpc) is 3.05. The minimum absolute atomic E-state index is 0.0684. The SMILES string of the molecule is CCN(C(=O)CNC(=O)c1nnn2c1CSCC2)c1ccccc1. The highest BCUT2D eigenvalue weighted by atomic mass is 32.2. The number of thioether (sulfide) groups is 1. The van der Waals surface area contributed by atoms with E-state index in [2.05, 4.69) is 15.6 Å². The Bertz CT molecular complexity index is 731. The van der Waals surface area contributed by atoms with Crippen LogP contribution in [0.3, 0.4) is 0 Å². The number of amides is 2. The van der Waals surface area contributed by atoms with Crippen LogP contribution in [0.25, 0.3) is 0 Å². The van der Waals surface area contributed by atoms with E-state index in [1.54, 1.807) is 21.3 Å². The molecule has 1 aliphatic rings. The fraction of sp³-hybridized carbons (Fsp3) is 0.375. The molecular weight excluding hydrogens is 326 g/mol. The second-order valence-corrected chi connectivity index (χ2v) is 6.42. The standard InChI is InChI=1S/C16H19N5O2S/c1-2-20(12-6-4-3-5-7-12)14(22)10-17-16(23)15-13-11-24-9-8-21(13)19-18-15/h3-7H,2,8-11H2,1H3,(H,17,23). The maximum atomic E-state index is 12.4. The Hall–Kier alpha value is -2.35. The van der Waals surface area contributed by atoms with Gasteiger partial charge in [-0.15, -0.1) is 5.10 Å². The average molecular weight is 345 g/mol. The normalized spacial score (nSPS) is 13.2. The summed E-state index contributed by atoms with van der Waals surface area (Å²) in [5.41, 5.74) is 1.96. The van der Waals surface area contributed by atoms with Crippen molar-refractivity contribution in [1.29, 1.82) is 0 Å². The Balaban J connectivity index is 1.63. The van der Waals surface area contributed by atoms with E-state index in [4.69, 9.17) is 0 Å². The second kappa shape index (κ2) is 7.48. The number of hydrogen-bond donors (Lipinski definition) is 1. The molecule has 0 aliphatic carbocycles. The first-order chi connectivity index (χ1) is 11.7. The summed E-state index contributed by atoms with van der Waals surface area (Å²) < 4.78 is 1.76. The molecule has 0 saturated carbocycles. The number of nitrogens with one attached hydrogen (secondary N) is 1. The number of carbonyl (C=O) groups is 2. The van der Waals surface area contributed by atoms with Gasteiger partial charge in [-0.1, -0.05) is 23.4 Å². The first-order valence-corrected chi connectivity index (χ1v) is 9.00. The Morgan fingerprint density at radius 1 is 1.33 bits per heavy atom. The lowest BCUT2D eigenvalue weighted by Gasteiger charge is -2.21. The summed E-state index contributed by atoms with van der Waals surface area (Å²) in [6.07, 6.45) is 0. The molecule has 1 N–H and O–H groups in total. The van der Waals surface area contributed by atoms with E-state index in [-0.39, 0.29) is 18.4 Å². The minimum atomic E-state index is -0.351. The van der Waals surface area contributed by atoms with Gasteiger partial charge in [0.2, 0.25) is 5.91 Å². The summed E-state index contributed by atoms with van der Waals surface area (Å²) in [5, 5.41) is 10.6. The van der Waals surface area contributed by atoms with Crippen molar-refractivity contribution in [2.45, 2.75) is 19.2 Å². The molecule has 0 saturated heterocycles. The lowest BCUT2D eigenvalue weighted by atomic mass is 10.2. The van der Waals surface area contributed by atoms with Crippen LogP contribution in [0.4, 0.5) is 5.69 Å². The molecule has 0 bridgehead atoms. The predicted molar refractivity (Wildman–Crippen MR) is 93.0 cm³/mol. The number of benzene rings is 1. The van der Waals surface area contributed by atoms with E-state index in [9.17, 15) is 9.59 Å². The maximum absolute atomic E-state index is 12.4. The summed E-state index contributed by atoms with van der Waals surface area (Å²) in [5.74, 6) is 1.18. The van der Waals surface area contributed by atoms with Crippen molar-refractivity contribution in [3.05, 3.63) is 41.7 Å². The molecule has 1 aromatic carbocycles. The Morgan fingerprint density at radius 3 is 2.88 bits per heavy atom. The summed E-state index contributed by atoms with van der Waals surface area (Å²) in [6.45, 7) is 3.13. The van der Waals surface area contributed by atoms with Crippen molar-refractivity contribution in [3.8, 4) is 0 Å². The van der Waals surface area contributed by atoms with Crippen molar-refractivity contribution in [2.24, 2.45) is 0 Å². The van der Waals surface area contributed by atoms with Crippen molar-refractivity contribution in [3.63, 3.8) is 0 Å². The van der Waals surface area contributed by atoms with Crippen LogP contribution in [0.2, 0.25) is 0 Å². The molecule has 0 radical (unpaired) electrons. The molecule has 1 aliphatic heterocycles. The monoisotopic (exact) mass is 345 g/mol. The number of nitrogens with zero attached hydrogens (tertiary/aromatic N) is 4. The van der Waals surface area contributed by atoms with Gasteiger partial charge < -0.3 is 10.2 Å². The molecule has 3 rings (SSSR count). The third-order valence-corrected chi connectivity index (χ3v) is 4.77. The molecule has 1 aromatic heterocycles. The van der Waals surface area contributed by atoms with Gasteiger partial charge in [-0.05, 0) is 19.1 Å². The minimum Gasteiger partial charge on any atom is -0.341 e. The highest BCUT2D eigenvalue weighted by molar-refractivity contribution is 7.98. The molecule has 126 valence electrons. The summed E-state index contributed by atoms with van der Waals surface area (Å²) in [4.78, 5) is 26.4. The highest BCUT2D eigenvalue weighted by Crippen LogP contribution is 2.20. The number of para-hydroxylation sites is 1. The molecule has 0 unspecified atom stereocenters. The molecule has 0 spiro atoms. The van der Waals surface area contributed by atoms with E-state index >= 15 is 0 Å². The van der Waals surface area contributed by atoms with Crippen LogP contribution in [0.1, 0.15) is 23.1 Å². The lowest BCUT2D eigenvalue weighted by molar-refractivity contribution is -0.117. The van der Waals surface area contributed by atoms with Gasteiger partial charge in [0.05, 0.1) is 18.8 Å². The van der Waals surface area contributed by atoms with Gasteiger partial charge in [0, 0.05) is 23.7 Å². The van der Waals surface area contributed by atoms with Gasteiger partial charge in [0.25, 0.3) is 5.91 Å². The second-order valence-electron chi connectivity index (χ2n) is 5.32. The summed E-state index contributed by atoms with van der Waals surface area (Å²) >= 11 is 1.75. The van der Waals surface area contributed by atoms with Crippen LogP contribution >= 0.6 is 11.8 Å². The first kappa shape index (κ1) is 16.5. The third kappa shape index (κ3) is 3.43. The quantitative estimate of drug-likeness (QED) is 0.884. The number of carbonyl (C=O) groups excluding carboxylic acids is 2. The molecule has 2 aromatic rings. The van der Waals surface area contributed by atoms with E-state index in [1.807, 2.05) is 37.3 Å². The fourth-order valence-corrected chi connectivity index (χ4v) is 3.52. The molecule has 0 fully saturated rings. The number of aryl methyl sites for hydroxylation is 1. The van der Waals surface area contributed by atoms with E-state index in [0.29, 0.717) is 12.2 Å². The molecule has 2 heterocycles.